The topological polar surface area (TPSA) is 22.9 Å². The first kappa shape index (κ1) is 13.9. The third kappa shape index (κ3) is 3.72. The van der Waals surface area contributed by atoms with Crippen LogP contribution in [0, 0.1) is 5.41 Å². The lowest BCUT2D eigenvalue weighted by Crippen LogP contribution is -3.07. The Balaban J connectivity index is 2.71. The molecule has 1 aliphatic heterocycles. The summed E-state index contributed by atoms with van der Waals surface area (Å²) in [6.07, 6.45) is 1.15. The second-order valence-corrected chi connectivity index (χ2v) is 6.73. The van der Waals surface area contributed by atoms with E-state index in [2.05, 4.69) is 48.7 Å². The van der Waals surface area contributed by atoms with E-state index < -0.39 is 0 Å². The predicted molar refractivity (Wildman–Crippen MR) is 65.6 cm³/mol. The first-order chi connectivity index (χ1) is 7.12. The maximum atomic E-state index is 6.07. The molecule has 0 aromatic carbocycles. The predicted octanol–water partition coefficient (Wildman–Crippen LogP) is 1.09. The third-order valence-corrected chi connectivity index (χ3v) is 3.01. The van der Waals surface area contributed by atoms with Crippen LogP contribution in [-0.4, -0.2) is 38.6 Å². The highest BCUT2D eigenvalue weighted by Crippen LogP contribution is 2.35. The average Bonchev–Trinajstić information content (AvgIpc) is 1.96. The normalized spacial score (nSPS) is 30.8. The van der Waals surface area contributed by atoms with Crippen molar-refractivity contribution in [2.75, 3.05) is 20.6 Å². The van der Waals surface area contributed by atoms with Crippen molar-refractivity contribution >= 4 is 0 Å². The molecule has 1 N–H and O–H groups in total. The fraction of sp³-hybridized carbons (Fsp3) is 1.00. The van der Waals surface area contributed by atoms with Gasteiger partial charge >= 0.3 is 0 Å². The molecule has 1 aliphatic rings. The highest BCUT2D eigenvalue weighted by atomic mass is 16.7. The minimum Gasteiger partial charge on any atom is -0.349 e. The van der Waals surface area contributed by atoms with E-state index in [0.717, 1.165) is 13.0 Å². The molecule has 1 saturated heterocycles. The highest BCUT2D eigenvalue weighted by molar-refractivity contribution is 4.83. The minimum atomic E-state index is -0.0962. The summed E-state index contributed by atoms with van der Waals surface area (Å²) < 4.78 is 12.0. The Labute approximate surface area is 100 Å². The largest absolute Gasteiger partial charge is 0.349 e. The highest BCUT2D eigenvalue weighted by Gasteiger charge is 2.42. The molecule has 3 heteroatoms. The van der Waals surface area contributed by atoms with Crippen molar-refractivity contribution in [1.82, 2.24) is 0 Å². The zero-order chi connectivity index (χ0) is 12.6. The van der Waals surface area contributed by atoms with Gasteiger partial charge in [-0.1, -0.05) is 0 Å². The fourth-order valence-corrected chi connectivity index (χ4v) is 2.66. The monoisotopic (exact) mass is 230 g/mol. The van der Waals surface area contributed by atoms with Crippen molar-refractivity contribution in [3.63, 3.8) is 0 Å². The molecule has 0 bridgehead atoms. The van der Waals surface area contributed by atoms with Crippen LogP contribution in [-0.2, 0) is 9.47 Å². The minimum absolute atomic E-state index is 0.0464. The van der Waals surface area contributed by atoms with Crippen LogP contribution in [0.1, 0.15) is 41.0 Å². The van der Waals surface area contributed by atoms with Crippen molar-refractivity contribution in [1.29, 1.82) is 0 Å². The Morgan fingerprint density at radius 1 is 1.31 bits per heavy atom. The molecule has 1 fully saturated rings. The number of nitrogens with one attached hydrogen (secondary N) is 1. The van der Waals surface area contributed by atoms with Crippen molar-refractivity contribution in [2.24, 2.45) is 5.41 Å². The molecule has 0 aromatic heterocycles. The van der Waals surface area contributed by atoms with Gasteiger partial charge in [-0.2, -0.15) is 0 Å². The Kier molecular flexibility index (Phi) is 4.04. The third-order valence-electron chi connectivity index (χ3n) is 3.01. The van der Waals surface area contributed by atoms with Gasteiger partial charge in [0.2, 0.25) is 0 Å². The van der Waals surface area contributed by atoms with Crippen LogP contribution < -0.4 is 4.90 Å². The van der Waals surface area contributed by atoms with Crippen molar-refractivity contribution in [3.8, 4) is 0 Å². The lowest BCUT2D eigenvalue weighted by molar-refractivity contribution is -0.866. The molecule has 0 amide bonds. The van der Waals surface area contributed by atoms with E-state index in [4.69, 9.17) is 9.47 Å². The van der Waals surface area contributed by atoms with Gasteiger partial charge in [-0.25, -0.2) is 0 Å². The summed E-state index contributed by atoms with van der Waals surface area (Å²) in [4.78, 5) is 1.42. The van der Waals surface area contributed by atoms with Crippen LogP contribution in [0.3, 0.4) is 0 Å². The number of hydrogen-bond acceptors (Lipinski definition) is 2. The second-order valence-electron chi connectivity index (χ2n) is 6.73. The van der Waals surface area contributed by atoms with Gasteiger partial charge in [0.25, 0.3) is 0 Å². The van der Waals surface area contributed by atoms with Gasteiger partial charge in [-0.3, -0.25) is 0 Å². The Bertz CT molecular complexity index is 236. The summed E-state index contributed by atoms with van der Waals surface area (Å²) in [6, 6.07) is 0. The van der Waals surface area contributed by atoms with E-state index >= 15 is 0 Å². The summed E-state index contributed by atoms with van der Waals surface area (Å²) in [5.74, 6) is 0. The molecule has 0 unspecified atom stereocenters. The van der Waals surface area contributed by atoms with Gasteiger partial charge in [0.1, 0.15) is 0 Å². The summed E-state index contributed by atoms with van der Waals surface area (Å²) in [5.41, 5.74) is -0.0218. The number of rotatable bonds is 3. The molecule has 0 spiro atoms. The van der Waals surface area contributed by atoms with Gasteiger partial charge < -0.3 is 14.4 Å². The summed E-state index contributed by atoms with van der Waals surface area (Å²) in [6.45, 7) is 11.9. The van der Waals surface area contributed by atoms with Crippen LogP contribution in [0.2, 0.25) is 0 Å². The fourth-order valence-electron chi connectivity index (χ4n) is 2.66. The molecule has 1 heterocycles. The SMILES string of the molecule is C[C@@H]1CC(C)(C)O[C@@H](C(C)(C)C[NH+](C)C)O1. The molecule has 0 saturated carbocycles. The van der Waals surface area contributed by atoms with Gasteiger partial charge in [-0.15, -0.1) is 0 Å². The Morgan fingerprint density at radius 3 is 2.31 bits per heavy atom. The number of quaternary nitrogens is 1. The van der Waals surface area contributed by atoms with Crippen molar-refractivity contribution in [3.05, 3.63) is 0 Å². The van der Waals surface area contributed by atoms with Gasteiger partial charge in [0, 0.05) is 6.42 Å². The molecule has 0 radical (unpaired) electrons. The van der Waals surface area contributed by atoms with Crippen molar-refractivity contribution in [2.45, 2.75) is 59.0 Å². The van der Waals surface area contributed by atoms with E-state index in [1.54, 1.807) is 0 Å². The Morgan fingerprint density at radius 2 is 1.88 bits per heavy atom. The Hall–Kier alpha value is -0.120. The first-order valence-corrected chi connectivity index (χ1v) is 6.25. The summed E-state index contributed by atoms with van der Waals surface area (Å²) in [7, 11) is 4.33. The first-order valence-electron chi connectivity index (χ1n) is 6.25. The van der Waals surface area contributed by atoms with Crippen LogP contribution in [0.15, 0.2) is 0 Å². The summed E-state index contributed by atoms with van der Waals surface area (Å²) in [5, 5.41) is 0. The van der Waals surface area contributed by atoms with Crippen molar-refractivity contribution < 1.29 is 14.4 Å². The molecule has 1 rings (SSSR count). The molecule has 0 aliphatic carbocycles. The van der Waals surface area contributed by atoms with Gasteiger partial charge in [0.15, 0.2) is 6.29 Å². The van der Waals surface area contributed by atoms with Gasteiger partial charge in [0.05, 0.1) is 37.8 Å². The lowest BCUT2D eigenvalue weighted by atomic mass is 9.89. The molecular formula is C13H28NO2+. The van der Waals surface area contributed by atoms with E-state index in [0.29, 0.717) is 0 Å². The quantitative estimate of drug-likeness (QED) is 0.784. The molecule has 96 valence electrons. The standard InChI is InChI=1S/C13H27NO2/c1-10-8-13(4,5)16-11(15-10)12(2,3)9-14(6)7/h10-11H,8-9H2,1-7H3/p+1/t10-,11+/m1/s1. The van der Waals surface area contributed by atoms with Gasteiger partial charge in [-0.05, 0) is 34.6 Å². The maximum Gasteiger partial charge on any atom is 0.169 e. The molecular weight excluding hydrogens is 202 g/mol. The maximum absolute atomic E-state index is 6.07. The zero-order valence-electron chi connectivity index (χ0n) is 11.9. The van der Waals surface area contributed by atoms with Crippen LogP contribution >= 0.6 is 0 Å². The summed E-state index contributed by atoms with van der Waals surface area (Å²) >= 11 is 0. The van der Waals surface area contributed by atoms with Crippen LogP contribution in [0.4, 0.5) is 0 Å². The number of ether oxygens (including phenoxy) is 2. The molecule has 16 heavy (non-hydrogen) atoms. The van der Waals surface area contributed by atoms with E-state index in [9.17, 15) is 0 Å². The molecule has 0 aromatic rings. The van der Waals surface area contributed by atoms with E-state index in [1.165, 1.54) is 4.90 Å². The zero-order valence-corrected chi connectivity index (χ0v) is 11.9. The number of hydrogen-bond donors (Lipinski definition) is 1. The molecule has 3 nitrogen and oxygen atoms in total. The van der Waals surface area contributed by atoms with E-state index in [1.807, 2.05) is 0 Å². The second kappa shape index (κ2) is 4.63. The average molecular weight is 230 g/mol. The van der Waals surface area contributed by atoms with E-state index in [-0.39, 0.29) is 23.4 Å². The lowest BCUT2D eigenvalue weighted by Gasteiger charge is -2.45. The smallest absolute Gasteiger partial charge is 0.169 e. The molecule has 2 atom stereocenters. The van der Waals surface area contributed by atoms with Crippen LogP contribution in [0.25, 0.3) is 0 Å². The van der Waals surface area contributed by atoms with Crippen LogP contribution in [0.5, 0.6) is 0 Å².